The van der Waals surface area contributed by atoms with E-state index in [0.717, 1.165) is 30.7 Å². The van der Waals surface area contributed by atoms with Gasteiger partial charge in [-0.25, -0.2) is 0 Å². The Morgan fingerprint density at radius 2 is 1.33 bits per heavy atom. The molecule has 0 saturated heterocycles. The van der Waals surface area contributed by atoms with Crippen molar-refractivity contribution in [2.75, 3.05) is 13.9 Å². The van der Waals surface area contributed by atoms with E-state index in [2.05, 4.69) is 20.8 Å². The van der Waals surface area contributed by atoms with E-state index < -0.39 is 8.32 Å². The first-order chi connectivity index (χ1) is 11.4. The lowest BCUT2D eigenvalue weighted by atomic mass is 9.85. The van der Waals surface area contributed by atoms with E-state index in [1.807, 2.05) is 20.8 Å². The van der Waals surface area contributed by atoms with Crippen LogP contribution in [0.25, 0.3) is 0 Å². The Labute approximate surface area is 148 Å². The number of hydrogen-bond acceptors (Lipinski definition) is 5. The molecular weight excluding hydrogens is 324 g/mol. The Hall–Kier alpha value is -0.563. The molecule has 0 aromatic carbocycles. The lowest BCUT2D eigenvalue weighted by Gasteiger charge is -2.40. The fourth-order valence-electron chi connectivity index (χ4n) is 3.25. The van der Waals surface area contributed by atoms with Crippen molar-refractivity contribution >= 4 is 20.9 Å². The van der Waals surface area contributed by atoms with Gasteiger partial charge in [0, 0.05) is 24.9 Å². The summed E-state index contributed by atoms with van der Waals surface area (Å²) in [6, 6.07) is 3.05. The maximum Gasteiger partial charge on any atom is 0.192 e. The van der Waals surface area contributed by atoms with Crippen LogP contribution in [0.2, 0.25) is 18.1 Å². The van der Waals surface area contributed by atoms with Crippen LogP contribution in [-0.2, 0) is 23.5 Å². The summed E-state index contributed by atoms with van der Waals surface area (Å²) in [5.41, 5.74) is 0. The monoisotopic (exact) mass is 360 g/mol. The topological polar surface area (TPSA) is 61.8 Å². The highest BCUT2D eigenvalue weighted by Gasteiger charge is 2.40. The van der Waals surface area contributed by atoms with Crippen molar-refractivity contribution in [1.29, 1.82) is 0 Å². The van der Waals surface area contributed by atoms with Crippen LogP contribution in [0, 0.1) is 17.8 Å². The summed E-state index contributed by atoms with van der Waals surface area (Å²) in [7, 11) is -0.324. The summed E-state index contributed by atoms with van der Waals surface area (Å²) in [4.78, 5) is 22.8. The number of ether oxygens (including phenoxy) is 2. The van der Waals surface area contributed by atoms with Crippen molar-refractivity contribution < 1.29 is 23.5 Å². The standard InChI is InChI=1S/C18H36O5Si/c1-8-24(9-2,10-3)23-18(15(5)12-20)16(6)17(14(4)11-19)22-13-21-7/h11-12,14-18H,8-10,13H2,1-7H3/t14-,15-,16+,17-,18-/m1/s1. The van der Waals surface area contributed by atoms with Gasteiger partial charge in [-0.3, -0.25) is 0 Å². The van der Waals surface area contributed by atoms with Crippen molar-refractivity contribution in [2.24, 2.45) is 17.8 Å². The molecule has 142 valence electrons. The van der Waals surface area contributed by atoms with Crippen LogP contribution in [0.5, 0.6) is 0 Å². The largest absolute Gasteiger partial charge is 0.413 e. The Morgan fingerprint density at radius 3 is 1.71 bits per heavy atom. The molecule has 0 fully saturated rings. The molecule has 0 bridgehead atoms. The third-order valence-electron chi connectivity index (χ3n) is 5.20. The molecule has 5 atom stereocenters. The summed E-state index contributed by atoms with van der Waals surface area (Å²) >= 11 is 0. The number of rotatable bonds is 14. The zero-order valence-corrected chi connectivity index (χ0v) is 17.4. The highest BCUT2D eigenvalue weighted by atomic mass is 28.4. The van der Waals surface area contributed by atoms with E-state index >= 15 is 0 Å². The van der Waals surface area contributed by atoms with Gasteiger partial charge < -0.3 is 23.5 Å². The molecule has 6 heteroatoms. The number of carbonyl (C=O) groups excluding carboxylic acids is 2. The molecule has 0 N–H and O–H groups in total. The Morgan fingerprint density at radius 1 is 0.875 bits per heavy atom. The van der Waals surface area contributed by atoms with Gasteiger partial charge in [-0.05, 0) is 18.1 Å². The minimum atomic E-state index is -1.88. The lowest BCUT2D eigenvalue weighted by molar-refractivity contribution is -0.140. The molecule has 0 saturated carbocycles. The first kappa shape index (κ1) is 23.4. The van der Waals surface area contributed by atoms with Crippen LogP contribution in [0.15, 0.2) is 0 Å². The van der Waals surface area contributed by atoms with Crippen molar-refractivity contribution in [3.8, 4) is 0 Å². The number of aldehydes is 2. The Balaban J connectivity index is 5.52. The molecule has 0 spiro atoms. The summed E-state index contributed by atoms with van der Waals surface area (Å²) < 4.78 is 17.4. The third-order valence-corrected chi connectivity index (χ3v) is 9.84. The number of methoxy groups -OCH3 is 1. The van der Waals surface area contributed by atoms with Crippen molar-refractivity contribution in [2.45, 2.75) is 71.9 Å². The quantitative estimate of drug-likeness (QED) is 0.269. The molecule has 5 nitrogen and oxygen atoms in total. The molecule has 0 rings (SSSR count). The van der Waals surface area contributed by atoms with Gasteiger partial charge in [-0.15, -0.1) is 0 Å². The van der Waals surface area contributed by atoms with Crippen molar-refractivity contribution in [3.05, 3.63) is 0 Å². The Bertz CT molecular complexity index is 351. The minimum absolute atomic E-state index is 0.0860. The fraction of sp³-hybridized carbons (Fsp3) is 0.889. The van der Waals surface area contributed by atoms with E-state index in [4.69, 9.17) is 13.9 Å². The van der Waals surface area contributed by atoms with Gasteiger partial charge in [-0.1, -0.05) is 41.5 Å². The molecule has 0 amide bonds. The molecule has 0 radical (unpaired) electrons. The first-order valence-electron chi connectivity index (χ1n) is 9.05. The predicted octanol–water partition coefficient (Wildman–Crippen LogP) is 3.67. The molecular formula is C18H36O5Si. The molecule has 0 aromatic heterocycles. The molecule has 0 heterocycles. The second kappa shape index (κ2) is 11.9. The van der Waals surface area contributed by atoms with Crippen molar-refractivity contribution in [3.63, 3.8) is 0 Å². The highest BCUT2D eigenvalue weighted by molar-refractivity contribution is 6.73. The number of hydrogen-bond donors (Lipinski definition) is 0. The molecule has 0 aliphatic carbocycles. The van der Waals surface area contributed by atoms with Gasteiger partial charge in [0.25, 0.3) is 0 Å². The van der Waals surface area contributed by atoms with E-state index in [0.29, 0.717) is 0 Å². The zero-order valence-electron chi connectivity index (χ0n) is 16.4. The summed E-state index contributed by atoms with van der Waals surface area (Å²) in [5.74, 6) is -0.623. The van der Waals surface area contributed by atoms with E-state index in [9.17, 15) is 9.59 Å². The maximum absolute atomic E-state index is 11.5. The predicted molar refractivity (Wildman–Crippen MR) is 98.4 cm³/mol. The van der Waals surface area contributed by atoms with Crippen LogP contribution in [0.1, 0.15) is 41.5 Å². The highest BCUT2D eigenvalue weighted by Crippen LogP contribution is 2.32. The normalized spacial score (nSPS) is 18.5. The van der Waals surface area contributed by atoms with E-state index in [1.165, 1.54) is 0 Å². The Kier molecular flexibility index (Phi) is 11.6. The summed E-state index contributed by atoms with van der Waals surface area (Å²) in [5, 5.41) is 0. The second-order valence-corrected chi connectivity index (χ2v) is 11.4. The second-order valence-electron chi connectivity index (χ2n) is 6.71. The van der Waals surface area contributed by atoms with Crippen LogP contribution in [0.3, 0.4) is 0 Å². The van der Waals surface area contributed by atoms with Gasteiger partial charge >= 0.3 is 0 Å². The fourth-order valence-corrected chi connectivity index (χ4v) is 6.26. The van der Waals surface area contributed by atoms with Gasteiger partial charge in [0.1, 0.15) is 19.4 Å². The minimum Gasteiger partial charge on any atom is -0.413 e. The van der Waals surface area contributed by atoms with Crippen LogP contribution >= 0.6 is 0 Å². The lowest BCUT2D eigenvalue weighted by Crippen LogP contribution is -2.49. The van der Waals surface area contributed by atoms with E-state index in [1.54, 1.807) is 7.11 Å². The molecule has 0 unspecified atom stereocenters. The smallest absolute Gasteiger partial charge is 0.192 e. The van der Waals surface area contributed by atoms with Crippen molar-refractivity contribution in [1.82, 2.24) is 0 Å². The summed E-state index contributed by atoms with van der Waals surface area (Å²) in [6.45, 7) is 12.3. The van der Waals surface area contributed by atoms with Gasteiger partial charge in [-0.2, -0.15) is 0 Å². The van der Waals surface area contributed by atoms with Crippen LogP contribution in [-0.4, -0.2) is 47.0 Å². The van der Waals surface area contributed by atoms with Crippen LogP contribution < -0.4 is 0 Å². The molecule has 0 aromatic rings. The maximum atomic E-state index is 11.5. The van der Waals surface area contributed by atoms with Gasteiger partial charge in [0.15, 0.2) is 8.32 Å². The van der Waals surface area contributed by atoms with E-state index in [-0.39, 0.29) is 36.8 Å². The molecule has 0 aliphatic heterocycles. The number of carbonyl (C=O) groups is 2. The molecule has 24 heavy (non-hydrogen) atoms. The van der Waals surface area contributed by atoms with Crippen LogP contribution in [0.4, 0.5) is 0 Å². The average Bonchev–Trinajstić information content (AvgIpc) is 2.62. The zero-order chi connectivity index (χ0) is 18.8. The SMILES string of the molecule is CC[Si](CC)(CC)O[C@@H]([C@@H](C)[C@H](OCOC)[C@H](C)C=O)[C@H](C)C=O. The van der Waals surface area contributed by atoms with Gasteiger partial charge in [0.2, 0.25) is 0 Å². The third kappa shape index (κ3) is 6.39. The molecule has 0 aliphatic rings. The first-order valence-corrected chi connectivity index (χ1v) is 11.6. The summed E-state index contributed by atoms with van der Waals surface area (Å²) in [6.07, 6.45) is 1.24. The van der Waals surface area contributed by atoms with Gasteiger partial charge in [0.05, 0.1) is 12.2 Å². The average molecular weight is 361 g/mol.